The van der Waals surface area contributed by atoms with Gasteiger partial charge >= 0.3 is 0 Å². The van der Waals surface area contributed by atoms with Crippen molar-refractivity contribution in [1.29, 1.82) is 0 Å². The van der Waals surface area contributed by atoms with Gasteiger partial charge in [0.2, 0.25) is 0 Å². The third-order valence-corrected chi connectivity index (χ3v) is 1.57. The van der Waals surface area contributed by atoms with Crippen molar-refractivity contribution in [3.05, 3.63) is 12.7 Å². The lowest BCUT2D eigenvalue weighted by Gasteiger charge is -1.76. The molecule has 0 aliphatic rings. The molecule has 0 amide bonds. The van der Waals surface area contributed by atoms with Crippen LogP contribution < -0.4 is 0 Å². The molecule has 2 aromatic heterocycles. The summed E-state index contributed by atoms with van der Waals surface area (Å²) >= 11 is 1.19. The highest BCUT2D eigenvalue weighted by Crippen LogP contribution is 2.14. The maximum absolute atomic E-state index is 4.74. The molecule has 2 heterocycles. The van der Waals surface area contributed by atoms with Gasteiger partial charge in [0.15, 0.2) is 11.4 Å². The Balaban J connectivity index is 2.48. The molecule has 0 aliphatic heterocycles. The Morgan fingerprint density at radius 1 is 1.50 bits per heavy atom. The minimum Gasteiger partial charge on any atom is -0.451 e. The molecule has 2 rings (SSSR count). The lowest BCUT2D eigenvalue weighted by molar-refractivity contribution is 0.558. The van der Waals surface area contributed by atoms with Gasteiger partial charge in [0.25, 0.3) is 0 Å². The molecule has 10 heavy (non-hydrogen) atoms. The van der Waals surface area contributed by atoms with E-state index in [0.717, 1.165) is 0 Å². The van der Waals surface area contributed by atoms with Crippen molar-refractivity contribution in [2.75, 3.05) is 0 Å². The first-order chi connectivity index (χ1) is 4.97. The molecule has 0 atom stereocenters. The van der Waals surface area contributed by atoms with E-state index >= 15 is 0 Å². The fraction of sp³-hybridized carbons (Fsp3) is 0. The Bertz CT molecular complexity index is 257. The quantitative estimate of drug-likeness (QED) is 0.601. The van der Waals surface area contributed by atoms with Crippen molar-refractivity contribution < 1.29 is 4.42 Å². The second-order valence-corrected chi connectivity index (χ2v) is 2.27. The van der Waals surface area contributed by atoms with Gasteiger partial charge in [-0.3, -0.25) is 0 Å². The highest BCUT2D eigenvalue weighted by molar-refractivity contribution is 7.08. The third-order valence-electron chi connectivity index (χ3n) is 0.951. The Morgan fingerprint density at radius 3 is 3.10 bits per heavy atom. The van der Waals surface area contributed by atoms with Gasteiger partial charge in [-0.1, -0.05) is 4.49 Å². The molecule has 50 valence electrons. The van der Waals surface area contributed by atoms with Crippen LogP contribution in [0.1, 0.15) is 0 Å². The first kappa shape index (κ1) is 5.48. The lowest BCUT2D eigenvalue weighted by Crippen LogP contribution is -1.74. The number of oxazole rings is 1. The summed E-state index contributed by atoms with van der Waals surface area (Å²) in [6.07, 6.45) is 2.85. The molecule has 2 aromatic rings. The van der Waals surface area contributed by atoms with Crippen LogP contribution in [-0.4, -0.2) is 19.8 Å². The lowest BCUT2D eigenvalue weighted by atomic mass is 10.5. The third kappa shape index (κ3) is 0.781. The maximum atomic E-state index is 4.74. The number of rotatable bonds is 1. The molecule has 0 aromatic carbocycles. The van der Waals surface area contributed by atoms with Gasteiger partial charge in [0.1, 0.15) is 12.0 Å². The highest BCUT2D eigenvalue weighted by Gasteiger charge is 2.03. The van der Waals surface area contributed by atoms with E-state index in [9.17, 15) is 0 Å². The van der Waals surface area contributed by atoms with Crippen molar-refractivity contribution in [2.45, 2.75) is 0 Å². The van der Waals surface area contributed by atoms with E-state index in [-0.39, 0.29) is 0 Å². The fourth-order valence-electron chi connectivity index (χ4n) is 0.550. The van der Waals surface area contributed by atoms with Gasteiger partial charge in [-0.25, -0.2) is 4.98 Å². The molecule has 0 unspecified atom stereocenters. The molecule has 0 radical (unpaired) electrons. The summed E-state index contributed by atoms with van der Waals surface area (Å²) in [5.74, 6) is 0. The average Bonchev–Trinajstić information content (AvgIpc) is 2.59. The molecule has 5 nitrogen and oxygen atoms in total. The fourth-order valence-corrected chi connectivity index (χ4v) is 0.968. The number of hydrogen-bond donors (Lipinski definition) is 0. The van der Waals surface area contributed by atoms with E-state index in [4.69, 9.17) is 4.42 Å². The van der Waals surface area contributed by atoms with Crippen LogP contribution in [0.2, 0.25) is 0 Å². The SMILES string of the molecule is c1nc(-c2nnns2)co1. The highest BCUT2D eigenvalue weighted by atomic mass is 32.1. The summed E-state index contributed by atoms with van der Waals surface area (Å²) in [6, 6.07) is 0. The predicted octanol–water partition coefficient (Wildman–Crippen LogP) is 0.588. The van der Waals surface area contributed by atoms with E-state index in [1.165, 1.54) is 24.2 Å². The summed E-state index contributed by atoms with van der Waals surface area (Å²) < 4.78 is 8.32. The Hall–Kier alpha value is -1.30. The van der Waals surface area contributed by atoms with E-state index in [2.05, 4.69) is 19.8 Å². The first-order valence-electron chi connectivity index (χ1n) is 2.50. The molecular weight excluding hydrogens is 152 g/mol. The molecule has 0 saturated heterocycles. The smallest absolute Gasteiger partial charge is 0.189 e. The zero-order chi connectivity index (χ0) is 6.81. The number of hydrogen-bond acceptors (Lipinski definition) is 6. The Kier molecular flexibility index (Phi) is 1.17. The Morgan fingerprint density at radius 2 is 2.50 bits per heavy atom. The van der Waals surface area contributed by atoms with Gasteiger partial charge in [0, 0.05) is 11.5 Å². The average molecular weight is 154 g/mol. The molecule has 0 spiro atoms. The van der Waals surface area contributed by atoms with Crippen molar-refractivity contribution in [3.63, 3.8) is 0 Å². The summed E-state index contributed by atoms with van der Waals surface area (Å²) in [5, 5.41) is 7.78. The van der Waals surface area contributed by atoms with Crippen molar-refractivity contribution >= 4 is 11.5 Å². The van der Waals surface area contributed by atoms with Crippen LogP contribution >= 0.6 is 11.5 Å². The van der Waals surface area contributed by atoms with Crippen LogP contribution in [0.4, 0.5) is 0 Å². The first-order valence-corrected chi connectivity index (χ1v) is 3.28. The van der Waals surface area contributed by atoms with Crippen LogP contribution in [0.25, 0.3) is 10.7 Å². The zero-order valence-corrected chi connectivity index (χ0v) is 5.58. The zero-order valence-electron chi connectivity index (χ0n) is 4.76. The molecular formula is C4H2N4OS. The van der Waals surface area contributed by atoms with E-state index in [1.807, 2.05) is 0 Å². The largest absolute Gasteiger partial charge is 0.451 e. The van der Waals surface area contributed by atoms with Crippen LogP contribution in [0, 0.1) is 0 Å². The standard InChI is InChI=1S/C4H2N4OS/c1-3(5-2-9-1)4-6-7-8-10-4/h1-2H. The van der Waals surface area contributed by atoms with Gasteiger partial charge in [-0.05, 0) is 5.21 Å². The van der Waals surface area contributed by atoms with Crippen LogP contribution in [-0.2, 0) is 0 Å². The van der Waals surface area contributed by atoms with Gasteiger partial charge in [0.05, 0.1) is 0 Å². The molecule has 6 heteroatoms. The van der Waals surface area contributed by atoms with Gasteiger partial charge in [-0.15, -0.1) is 5.10 Å². The van der Waals surface area contributed by atoms with Crippen LogP contribution in [0.15, 0.2) is 17.1 Å². The van der Waals surface area contributed by atoms with E-state index in [1.54, 1.807) is 0 Å². The van der Waals surface area contributed by atoms with Crippen LogP contribution in [0.3, 0.4) is 0 Å². The number of aromatic nitrogens is 4. The maximum Gasteiger partial charge on any atom is 0.189 e. The minimum atomic E-state index is 0.675. The van der Waals surface area contributed by atoms with Gasteiger partial charge in [-0.2, -0.15) is 0 Å². The molecule has 0 fully saturated rings. The molecule has 0 bridgehead atoms. The van der Waals surface area contributed by atoms with E-state index < -0.39 is 0 Å². The van der Waals surface area contributed by atoms with Crippen molar-refractivity contribution in [3.8, 4) is 10.7 Å². The van der Waals surface area contributed by atoms with Crippen molar-refractivity contribution in [2.24, 2.45) is 0 Å². The second kappa shape index (κ2) is 2.14. The van der Waals surface area contributed by atoms with E-state index in [0.29, 0.717) is 10.7 Å². The minimum absolute atomic E-state index is 0.675. The Labute approximate surface area is 59.9 Å². The summed E-state index contributed by atoms with van der Waals surface area (Å²) in [6.45, 7) is 0. The molecule has 0 N–H and O–H groups in total. The predicted molar refractivity (Wildman–Crippen MR) is 33.2 cm³/mol. The second-order valence-electron chi connectivity index (χ2n) is 1.54. The van der Waals surface area contributed by atoms with Crippen molar-refractivity contribution in [1.82, 2.24) is 19.8 Å². The number of nitrogens with zero attached hydrogens (tertiary/aromatic N) is 4. The summed E-state index contributed by atoms with van der Waals surface area (Å²) in [4.78, 5) is 3.86. The summed E-state index contributed by atoms with van der Waals surface area (Å²) in [5.41, 5.74) is 0.676. The van der Waals surface area contributed by atoms with Crippen LogP contribution in [0.5, 0.6) is 0 Å². The molecule has 0 aliphatic carbocycles. The van der Waals surface area contributed by atoms with Gasteiger partial charge < -0.3 is 4.42 Å². The normalized spacial score (nSPS) is 10.0. The monoisotopic (exact) mass is 154 g/mol. The topological polar surface area (TPSA) is 64.7 Å². The summed E-state index contributed by atoms with van der Waals surface area (Å²) in [7, 11) is 0. The molecule has 0 saturated carbocycles.